The van der Waals surface area contributed by atoms with E-state index in [0.717, 1.165) is 32.3 Å². The summed E-state index contributed by atoms with van der Waals surface area (Å²) in [5, 5.41) is 1.96. The molecule has 304 valence electrons. The van der Waals surface area contributed by atoms with Gasteiger partial charge in [0.05, 0.1) is 40.9 Å². The molecule has 0 radical (unpaired) electrons. The Bertz CT molecular complexity index is 2830. The molecular weight excluding hydrogens is 869 g/mol. The maximum absolute atomic E-state index is 14.2. The fourth-order valence-electron chi connectivity index (χ4n) is 7.47. The normalized spacial score (nSPS) is 16.7. The van der Waals surface area contributed by atoms with Crippen LogP contribution in [0.3, 0.4) is 0 Å². The molecule has 0 amide bonds. The van der Waals surface area contributed by atoms with Crippen molar-refractivity contribution in [1.82, 2.24) is 7.94 Å². The standard InChI is InChI=1S/C19H14Cl2FNO3S.C19H15Cl2NO3S.C4H8O/c1-10-2-4-11(5-3-10)27(25,26)23-15-9-7-13(20)17(21)16(15)12-6-8-14(22)19(24)18(12)23;1-11-5-7-12(8-6-11)26(24,25)22-15-10-9-14(20)18(21)17(15)13-3-2-4-16(23)19(13)22;1-2-4-5-3-1/h2-5,7,9,14H,6,8H2,1H3;5-10H,2-4H2,1H3;1-4H2. The molecule has 4 aromatic carbocycles. The second kappa shape index (κ2) is 16.7. The molecule has 6 aromatic rings. The zero-order valence-electron chi connectivity index (χ0n) is 31.3. The number of rotatable bonds is 4. The fraction of sp³-hybridized carbons (Fsp3) is 0.286. The number of fused-ring (bicyclic) bond motifs is 6. The van der Waals surface area contributed by atoms with Crippen LogP contribution < -0.4 is 0 Å². The molecule has 3 heterocycles. The van der Waals surface area contributed by atoms with E-state index in [0.29, 0.717) is 51.7 Å². The number of benzene rings is 4. The van der Waals surface area contributed by atoms with Crippen LogP contribution in [-0.4, -0.2) is 55.7 Å². The van der Waals surface area contributed by atoms with Gasteiger partial charge in [-0.25, -0.2) is 29.2 Å². The van der Waals surface area contributed by atoms with E-state index in [1.165, 1.54) is 37.1 Å². The van der Waals surface area contributed by atoms with E-state index in [4.69, 9.17) is 51.1 Å². The minimum Gasteiger partial charge on any atom is -0.381 e. The Labute approximate surface area is 355 Å². The van der Waals surface area contributed by atoms with Crippen molar-refractivity contribution in [1.29, 1.82) is 0 Å². The Balaban J connectivity index is 0.000000157. The van der Waals surface area contributed by atoms with E-state index in [2.05, 4.69) is 0 Å². The van der Waals surface area contributed by atoms with Gasteiger partial charge in [-0.2, -0.15) is 0 Å². The van der Waals surface area contributed by atoms with Crippen LogP contribution in [0.2, 0.25) is 20.1 Å². The van der Waals surface area contributed by atoms with Crippen LogP contribution in [-0.2, 0) is 37.6 Å². The number of hydrogen-bond donors (Lipinski definition) is 0. The molecule has 1 saturated heterocycles. The third-order valence-electron chi connectivity index (χ3n) is 10.4. The lowest BCUT2D eigenvalue weighted by Crippen LogP contribution is -2.28. The van der Waals surface area contributed by atoms with E-state index in [-0.39, 0.29) is 60.4 Å². The van der Waals surface area contributed by atoms with Gasteiger partial charge in [0.15, 0.2) is 12.0 Å². The molecule has 3 aliphatic rings. The number of aromatic nitrogens is 2. The summed E-state index contributed by atoms with van der Waals surface area (Å²) in [4.78, 5) is 25.4. The zero-order valence-corrected chi connectivity index (χ0v) is 36.0. The first-order chi connectivity index (χ1) is 27.5. The Kier molecular flexibility index (Phi) is 12.2. The molecule has 1 aliphatic heterocycles. The number of ether oxygens (including phenoxy) is 1. The average molecular weight is 907 g/mol. The number of carbonyl (C=O) groups is 2. The van der Waals surface area contributed by atoms with Gasteiger partial charge in [0.25, 0.3) is 20.0 Å². The van der Waals surface area contributed by atoms with Gasteiger partial charge in [-0.05, 0) is 112 Å². The molecule has 0 saturated carbocycles. The summed E-state index contributed by atoms with van der Waals surface area (Å²) in [6, 6.07) is 18.9. The smallest absolute Gasteiger partial charge is 0.268 e. The molecule has 16 heteroatoms. The molecule has 0 spiro atoms. The summed E-state index contributed by atoms with van der Waals surface area (Å²) in [6.45, 7) is 5.72. The highest BCUT2D eigenvalue weighted by molar-refractivity contribution is 7.90. The van der Waals surface area contributed by atoms with Gasteiger partial charge >= 0.3 is 0 Å². The number of alkyl halides is 1. The molecule has 2 aromatic heterocycles. The SMILES string of the molecule is C1CCOC1.Cc1ccc(S(=O)(=O)n2c3c(c4c(Cl)c(Cl)ccc42)CCC(F)C3=O)cc1.Cc1ccc(S(=O)(=O)n2c3c(c4c(Cl)c(Cl)ccc42)CCCC3=O)cc1. The lowest BCUT2D eigenvalue weighted by atomic mass is 9.93. The van der Waals surface area contributed by atoms with Crippen LogP contribution in [0.15, 0.2) is 82.6 Å². The summed E-state index contributed by atoms with van der Waals surface area (Å²) >= 11 is 25.0. The van der Waals surface area contributed by atoms with Crippen molar-refractivity contribution < 1.29 is 35.6 Å². The highest BCUT2D eigenvalue weighted by Crippen LogP contribution is 2.43. The summed E-state index contributed by atoms with van der Waals surface area (Å²) in [5.74, 6) is -1.04. The predicted molar refractivity (Wildman–Crippen MR) is 226 cm³/mol. The van der Waals surface area contributed by atoms with Crippen molar-refractivity contribution in [3.05, 3.63) is 127 Å². The lowest BCUT2D eigenvalue weighted by Gasteiger charge is -2.18. The first-order valence-electron chi connectivity index (χ1n) is 18.5. The minimum atomic E-state index is -4.14. The molecule has 58 heavy (non-hydrogen) atoms. The maximum Gasteiger partial charge on any atom is 0.268 e. The molecule has 1 fully saturated rings. The van der Waals surface area contributed by atoms with Crippen molar-refractivity contribution in [3.8, 4) is 0 Å². The molecular formula is C42H37Cl4FN2O7S2. The number of hydrogen-bond acceptors (Lipinski definition) is 7. The molecule has 2 aliphatic carbocycles. The van der Waals surface area contributed by atoms with Crippen LogP contribution in [0.25, 0.3) is 21.8 Å². The monoisotopic (exact) mass is 904 g/mol. The summed E-state index contributed by atoms with van der Waals surface area (Å²) < 4.78 is 74.6. The van der Waals surface area contributed by atoms with Gasteiger partial charge in [-0.1, -0.05) is 81.8 Å². The Morgan fingerprint density at radius 2 is 1.05 bits per heavy atom. The number of Topliss-reactive ketones (excluding diaryl/α,β-unsaturated/α-hetero) is 2. The largest absolute Gasteiger partial charge is 0.381 e. The van der Waals surface area contributed by atoms with Gasteiger partial charge < -0.3 is 4.74 Å². The zero-order chi connectivity index (χ0) is 41.7. The summed E-state index contributed by atoms with van der Waals surface area (Å²) in [7, 11) is -8.09. The quantitative estimate of drug-likeness (QED) is 0.173. The first kappa shape index (κ1) is 42.4. The number of nitrogens with zero attached hydrogens (tertiary/aromatic N) is 2. The van der Waals surface area contributed by atoms with Crippen molar-refractivity contribution in [3.63, 3.8) is 0 Å². The van der Waals surface area contributed by atoms with Crippen LogP contribution in [0, 0.1) is 13.8 Å². The second-order valence-electron chi connectivity index (χ2n) is 14.3. The maximum atomic E-state index is 14.2. The van der Waals surface area contributed by atoms with Gasteiger partial charge in [-0.15, -0.1) is 0 Å². The van der Waals surface area contributed by atoms with Gasteiger partial charge in [0, 0.05) is 30.4 Å². The van der Waals surface area contributed by atoms with Crippen molar-refractivity contribution >= 4 is 99.8 Å². The third-order valence-corrected chi connectivity index (χ3v) is 15.4. The van der Waals surface area contributed by atoms with Crippen LogP contribution >= 0.6 is 46.4 Å². The van der Waals surface area contributed by atoms with E-state index in [9.17, 15) is 30.8 Å². The summed E-state index contributed by atoms with van der Waals surface area (Å²) in [5.41, 5.74) is 3.57. The van der Waals surface area contributed by atoms with Crippen molar-refractivity contribution in [2.45, 2.75) is 74.8 Å². The highest BCUT2D eigenvalue weighted by atomic mass is 35.5. The topological polar surface area (TPSA) is 122 Å². The number of carbonyl (C=O) groups excluding carboxylic acids is 2. The Morgan fingerprint density at radius 3 is 1.50 bits per heavy atom. The van der Waals surface area contributed by atoms with Crippen LogP contribution in [0.5, 0.6) is 0 Å². The second-order valence-corrected chi connectivity index (χ2v) is 19.4. The third kappa shape index (κ3) is 7.61. The highest BCUT2D eigenvalue weighted by Gasteiger charge is 2.38. The van der Waals surface area contributed by atoms with Crippen molar-refractivity contribution in [2.75, 3.05) is 13.2 Å². The minimum absolute atomic E-state index is 0.00709. The number of ketones is 2. The predicted octanol–water partition coefficient (Wildman–Crippen LogP) is 10.8. The molecule has 1 unspecified atom stereocenters. The Morgan fingerprint density at radius 1 is 0.603 bits per heavy atom. The molecule has 1 atom stereocenters. The van der Waals surface area contributed by atoms with E-state index in [1.807, 2.05) is 13.8 Å². The van der Waals surface area contributed by atoms with E-state index < -0.39 is 32.0 Å². The number of halogens is 5. The van der Waals surface area contributed by atoms with Gasteiger partial charge in [0.2, 0.25) is 5.78 Å². The fourth-order valence-corrected chi connectivity index (χ4v) is 11.4. The Hall–Kier alpha value is -3.75. The van der Waals surface area contributed by atoms with Gasteiger partial charge in [0.1, 0.15) is 11.4 Å². The van der Waals surface area contributed by atoms with Crippen LogP contribution in [0.4, 0.5) is 4.39 Å². The molecule has 9 nitrogen and oxygen atoms in total. The molecule has 0 N–H and O–H groups in total. The average Bonchev–Trinajstić information content (AvgIpc) is 3.96. The molecule has 0 bridgehead atoms. The van der Waals surface area contributed by atoms with Crippen molar-refractivity contribution in [2.24, 2.45) is 0 Å². The summed E-state index contributed by atoms with van der Waals surface area (Å²) in [6.07, 6.45) is 2.57. The van der Waals surface area contributed by atoms with Crippen LogP contribution in [0.1, 0.15) is 75.3 Å². The van der Waals surface area contributed by atoms with E-state index in [1.54, 1.807) is 48.5 Å². The first-order valence-corrected chi connectivity index (χ1v) is 22.9. The van der Waals surface area contributed by atoms with Gasteiger partial charge in [-0.3, -0.25) is 9.59 Å². The number of aryl methyl sites for hydroxylation is 4. The molecule has 9 rings (SSSR count). The van der Waals surface area contributed by atoms with E-state index >= 15 is 0 Å². The lowest BCUT2D eigenvalue weighted by molar-refractivity contribution is 0.0849.